The van der Waals surface area contributed by atoms with E-state index in [2.05, 4.69) is 17.6 Å². The third-order valence-corrected chi connectivity index (χ3v) is 4.09. The second-order valence-electron chi connectivity index (χ2n) is 5.48. The van der Waals surface area contributed by atoms with Gasteiger partial charge in [0.2, 0.25) is 5.91 Å². The molecule has 0 aromatic carbocycles. The first-order chi connectivity index (χ1) is 7.75. The van der Waals surface area contributed by atoms with Gasteiger partial charge in [-0.15, -0.1) is 0 Å². The molecule has 16 heavy (non-hydrogen) atoms. The maximum atomic E-state index is 11.8. The van der Waals surface area contributed by atoms with Crippen molar-refractivity contribution in [2.45, 2.75) is 51.5 Å². The van der Waals surface area contributed by atoms with Crippen LogP contribution in [0.2, 0.25) is 0 Å². The molecule has 2 rings (SSSR count). The van der Waals surface area contributed by atoms with Crippen LogP contribution in [-0.4, -0.2) is 25.0 Å². The third kappa shape index (κ3) is 3.21. The molecule has 1 aliphatic carbocycles. The lowest BCUT2D eigenvalue weighted by Crippen LogP contribution is -2.46. The lowest BCUT2D eigenvalue weighted by molar-refractivity contribution is -0.123. The summed E-state index contributed by atoms with van der Waals surface area (Å²) in [6.45, 7) is 4.21. The van der Waals surface area contributed by atoms with Crippen molar-refractivity contribution in [3.8, 4) is 0 Å². The van der Waals surface area contributed by atoms with E-state index in [1.165, 1.54) is 32.1 Å². The molecule has 1 saturated heterocycles. The fourth-order valence-electron chi connectivity index (χ4n) is 2.82. The molecular weight excluding hydrogens is 200 g/mol. The molecule has 1 atom stereocenters. The standard InChI is InChI=1S/C13H24N2O/c1-10(12-5-3-2-4-6-12)15-13(16)7-11-8-14-9-11/h10-12,14H,2-9H2,1H3,(H,15,16)/t10-/m1/s1. The zero-order chi connectivity index (χ0) is 11.4. The van der Waals surface area contributed by atoms with Gasteiger partial charge in [0.25, 0.3) is 0 Å². The molecular formula is C13H24N2O. The SMILES string of the molecule is C[C@@H](NC(=O)CC1CNC1)C1CCCCC1. The fraction of sp³-hybridized carbons (Fsp3) is 0.923. The van der Waals surface area contributed by atoms with Gasteiger partial charge in [-0.2, -0.15) is 0 Å². The van der Waals surface area contributed by atoms with E-state index in [9.17, 15) is 4.79 Å². The van der Waals surface area contributed by atoms with Crippen molar-refractivity contribution in [1.82, 2.24) is 10.6 Å². The molecule has 2 fully saturated rings. The molecule has 92 valence electrons. The molecule has 1 saturated carbocycles. The van der Waals surface area contributed by atoms with Gasteiger partial charge in [0.05, 0.1) is 0 Å². The Morgan fingerprint density at radius 3 is 2.56 bits per heavy atom. The second-order valence-corrected chi connectivity index (χ2v) is 5.48. The summed E-state index contributed by atoms with van der Waals surface area (Å²) in [4.78, 5) is 11.8. The van der Waals surface area contributed by atoms with Gasteiger partial charge in [-0.3, -0.25) is 4.79 Å². The molecule has 3 nitrogen and oxygen atoms in total. The molecule has 0 unspecified atom stereocenters. The van der Waals surface area contributed by atoms with Gasteiger partial charge in [0, 0.05) is 12.5 Å². The quantitative estimate of drug-likeness (QED) is 0.763. The summed E-state index contributed by atoms with van der Waals surface area (Å²) in [5.41, 5.74) is 0. The summed E-state index contributed by atoms with van der Waals surface area (Å²) in [6.07, 6.45) is 7.38. The number of carbonyl (C=O) groups is 1. The zero-order valence-corrected chi connectivity index (χ0v) is 10.3. The lowest BCUT2D eigenvalue weighted by Gasteiger charge is -2.30. The maximum absolute atomic E-state index is 11.8. The van der Waals surface area contributed by atoms with Crippen molar-refractivity contribution in [3.05, 3.63) is 0 Å². The van der Waals surface area contributed by atoms with Crippen LogP contribution >= 0.6 is 0 Å². The Labute approximate surface area is 98.4 Å². The van der Waals surface area contributed by atoms with Crippen LogP contribution in [-0.2, 0) is 4.79 Å². The first-order valence-corrected chi connectivity index (χ1v) is 6.76. The van der Waals surface area contributed by atoms with Gasteiger partial charge < -0.3 is 10.6 Å². The van der Waals surface area contributed by atoms with Crippen molar-refractivity contribution in [2.75, 3.05) is 13.1 Å². The minimum atomic E-state index is 0.254. The van der Waals surface area contributed by atoms with E-state index in [4.69, 9.17) is 0 Å². The summed E-state index contributed by atoms with van der Waals surface area (Å²) < 4.78 is 0. The number of hydrogen-bond donors (Lipinski definition) is 2. The lowest BCUT2D eigenvalue weighted by atomic mass is 9.84. The Bertz CT molecular complexity index is 232. The second kappa shape index (κ2) is 5.67. The summed E-state index contributed by atoms with van der Waals surface area (Å²) in [5, 5.41) is 6.39. The fourth-order valence-corrected chi connectivity index (χ4v) is 2.82. The Morgan fingerprint density at radius 2 is 2.00 bits per heavy atom. The summed E-state index contributed by atoms with van der Waals surface area (Å²) in [7, 11) is 0. The number of amides is 1. The van der Waals surface area contributed by atoms with Gasteiger partial charge in [-0.25, -0.2) is 0 Å². The van der Waals surface area contributed by atoms with Crippen LogP contribution in [0.3, 0.4) is 0 Å². The minimum absolute atomic E-state index is 0.254. The van der Waals surface area contributed by atoms with Gasteiger partial charge in [0.15, 0.2) is 0 Å². The van der Waals surface area contributed by atoms with E-state index in [-0.39, 0.29) is 5.91 Å². The Hall–Kier alpha value is -0.570. The van der Waals surface area contributed by atoms with E-state index in [1.54, 1.807) is 0 Å². The van der Waals surface area contributed by atoms with E-state index in [0.29, 0.717) is 18.4 Å². The van der Waals surface area contributed by atoms with Crippen LogP contribution in [0.1, 0.15) is 45.4 Å². The van der Waals surface area contributed by atoms with Crippen molar-refractivity contribution in [3.63, 3.8) is 0 Å². The molecule has 1 heterocycles. The predicted molar refractivity (Wildman–Crippen MR) is 65.2 cm³/mol. The van der Waals surface area contributed by atoms with E-state index in [1.807, 2.05) is 0 Å². The summed E-state index contributed by atoms with van der Waals surface area (Å²) >= 11 is 0. The molecule has 0 aromatic heterocycles. The van der Waals surface area contributed by atoms with Crippen molar-refractivity contribution >= 4 is 5.91 Å². The van der Waals surface area contributed by atoms with Crippen LogP contribution in [0, 0.1) is 11.8 Å². The van der Waals surface area contributed by atoms with Gasteiger partial charge in [-0.05, 0) is 44.7 Å². The summed E-state index contributed by atoms with van der Waals surface area (Å²) in [5.74, 6) is 1.56. The minimum Gasteiger partial charge on any atom is -0.353 e. The highest BCUT2D eigenvalue weighted by atomic mass is 16.1. The van der Waals surface area contributed by atoms with Crippen LogP contribution in [0.4, 0.5) is 0 Å². The molecule has 0 aromatic rings. The van der Waals surface area contributed by atoms with Gasteiger partial charge >= 0.3 is 0 Å². The smallest absolute Gasteiger partial charge is 0.220 e. The molecule has 1 aliphatic heterocycles. The maximum Gasteiger partial charge on any atom is 0.220 e. The third-order valence-electron chi connectivity index (χ3n) is 4.09. The van der Waals surface area contributed by atoms with E-state index >= 15 is 0 Å². The van der Waals surface area contributed by atoms with Gasteiger partial charge in [0.1, 0.15) is 0 Å². The molecule has 0 radical (unpaired) electrons. The van der Waals surface area contributed by atoms with Gasteiger partial charge in [-0.1, -0.05) is 19.3 Å². The average molecular weight is 224 g/mol. The zero-order valence-electron chi connectivity index (χ0n) is 10.3. The molecule has 0 spiro atoms. The van der Waals surface area contributed by atoms with Crippen molar-refractivity contribution < 1.29 is 4.79 Å². The van der Waals surface area contributed by atoms with Crippen LogP contribution < -0.4 is 10.6 Å². The van der Waals surface area contributed by atoms with E-state index < -0.39 is 0 Å². The Morgan fingerprint density at radius 1 is 1.31 bits per heavy atom. The topological polar surface area (TPSA) is 41.1 Å². The van der Waals surface area contributed by atoms with Crippen LogP contribution in [0.25, 0.3) is 0 Å². The van der Waals surface area contributed by atoms with Crippen molar-refractivity contribution in [1.29, 1.82) is 0 Å². The molecule has 0 bridgehead atoms. The number of rotatable bonds is 4. The monoisotopic (exact) mass is 224 g/mol. The number of nitrogens with one attached hydrogen (secondary N) is 2. The Kier molecular flexibility index (Phi) is 4.22. The highest BCUT2D eigenvalue weighted by molar-refractivity contribution is 5.76. The Balaban J connectivity index is 1.68. The van der Waals surface area contributed by atoms with Crippen LogP contribution in [0.15, 0.2) is 0 Å². The largest absolute Gasteiger partial charge is 0.353 e. The molecule has 3 heteroatoms. The average Bonchev–Trinajstić information content (AvgIpc) is 2.25. The molecule has 2 N–H and O–H groups in total. The highest BCUT2D eigenvalue weighted by Crippen LogP contribution is 2.26. The first kappa shape index (κ1) is 11.9. The number of hydrogen-bond acceptors (Lipinski definition) is 2. The van der Waals surface area contributed by atoms with Crippen LogP contribution in [0.5, 0.6) is 0 Å². The van der Waals surface area contributed by atoms with E-state index in [0.717, 1.165) is 19.0 Å². The summed E-state index contributed by atoms with van der Waals surface area (Å²) in [6, 6.07) is 0.376. The van der Waals surface area contributed by atoms with Crippen molar-refractivity contribution in [2.24, 2.45) is 11.8 Å². The molecule has 2 aliphatic rings. The normalized spacial score (nSPS) is 24.8. The predicted octanol–water partition coefficient (Wildman–Crippen LogP) is 1.68. The first-order valence-electron chi connectivity index (χ1n) is 6.76. The molecule has 1 amide bonds. The highest BCUT2D eigenvalue weighted by Gasteiger charge is 2.24. The number of carbonyl (C=O) groups excluding carboxylic acids is 1.